The number of ether oxygens (including phenoxy) is 2. The molecule has 0 radical (unpaired) electrons. The monoisotopic (exact) mass is 243 g/mol. The molecule has 0 spiro atoms. The van der Waals surface area contributed by atoms with Crippen LogP contribution in [-0.2, 0) is 0 Å². The van der Waals surface area contributed by atoms with Crippen LogP contribution in [0.15, 0.2) is 12.3 Å². The van der Waals surface area contributed by atoms with Gasteiger partial charge in [-0.1, -0.05) is 15.9 Å². The van der Waals surface area contributed by atoms with Gasteiger partial charge < -0.3 is 9.47 Å². The summed E-state index contributed by atoms with van der Waals surface area (Å²) in [5.74, 6) is 0.962. The summed E-state index contributed by atoms with van der Waals surface area (Å²) in [5, 5.41) is 0.286. The molecule has 4 nitrogen and oxygen atoms in total. The molecule has 1 aromatic rings. The third-order valence-electron chi connectivity index (χ3n) is 1.67. The van der Waals surface area contributed by atoms with Crippen LogP contribution in [0.1, 0.15) is 10.4 Å². The van der Waals surface area contributed by atoms with Gasteiger partial charge in [0.1, 0.15) is 0 Å². The predicted octanol–water partition coefficient (Wildman–Crippen LogP) is 1.39. The van der Waals surface area contributed by atoms with Crippen molar-refractivity contribution >= 4 is 21.7 Å². The minimum Gasteiger partial charge on any atom is -0.452 e. The van der Waals surface area contributed by atoms with Gasteiger partial charge in [-0.15, -0.1) is 0 Å². The molecule has 0 unspecified atom stereocenters. The first-order valence-electron chi connectivity index (χ1n) is 3.66. The number of aromatic nitrogens is 1. The Balaban J connectivity index is 2.36. The Hall–Kier alpha value is -1.10. The van der Waals surface area contributed by atoms with Crippen molar-refractivity contribution in [2.75, 3.05) is 12.1 Å². The summed E-state index contributed by atoms with van der Waals surface area (Å²) in [6.45, 7) is 0.175. The summed E-state index contributed by atoms with van der Waals surface area (Å²) in [5.41, 5.74) is 0.529. The average Bonchev–Trinajstić information content (AvgIpc) is 2.63. The molecule has 0 amide bonds. The van der Waals surface area contributed by atoms with E-state index >= 15 is 0 Å². The molecular weight excluding hydrogens is 238 g/mol. The molecule has 0 aromatic carbocycles. The summed E-state index contributed by atoms with van der Waals surface area (Å²) in [6.07, 6.45) is 1.48. The molecule has 0 fully saturated rings. The van der Waals surface area contributed by atoms with E-state index in [1.807, 2.05) is 0 Å². The molecule has 5 heteroatoms. The van der Waals surface area contributed by atoms with Gasteiger partial charge in [0.25, 0.3) is 5.88 Å². The number of halogens is 1. The molecule has 2 rings (SSSR count). The van der Waals surface area contributed by atoms with Crippen molar-refractivity contribution in [1.29, 1.82) is 0 Å². The molecule has 0 N–H and O–H groups in total. The van der Waals surface area contributed by atoms with Gasteiger partial charge in [0.15, 0.2) is 11.5 Å². The normalized spacial score (nSPS) is 13.0. The number of alkyl halides is 1. The first-order chi connectivity index (χ1) is 6.31. The fourth-order valence-corrected chi connectivity index (χ4v) is 1.35. The minimum atomic E-state index is -0.0224. The highest BCUT2D eigenvalue weighted by Gasteiger charge is 2.16. The number of nitrogens with zero attached hydrogens (tertiary/aromatic N) is 1. The van der Waals surface area contributed by atoms with Crippen LogP contribution >= 0.6 is 15.9 Å². The van der Waals surface area contributed by atoms with Crippen LogP contribution in [0.3, 0.4) is 0 Å². The number of carbonyl (C=O) groups excluding carboxylic acids is 1. The summed E-state index contributed by atoms with van der Waals surface area (Å²) < 4.78 is 10.1. The Morgan fingerprint density at radius 1 is 1.62 bits per heavy atom. The maximum atomic E-state index is 11.2. The second-order valence-corrected chi connectivity index (χ2v) is 3.05. The van der Waals surface area contributed by atoms with Gasteiger partial charge in [0, 0.05) is 11.8 Å². The van der Waals surface area contributed by atoms with Crippen molar-refractivity contribution in [2.45, 2.75) is 0 Å². The SMILES string of the molecule is O=C(CBr)c1cnc2c(c1)OCO2. The molecule has 0 saturated heterocycles. The van der Waals surface area contributed by atoms with Gasteiger partial charge >= 0.3 is 0 Å². The number of carbonyl (C=O) groups is 1. The Morgan fingerprint density at radius 2 is 2.46 bits per heavy atom. The lowest BCUT2D eigenvalue weighted by molar-refractivity contribution is 0.102. The highest BCUT2D eigenvalue weighted by atomic mass is 79.9. The van der Waals surface area contributed by atoms with Crippen molar-refractivity contribution in [3.8, 4) is 11.6 Å². The summed E-state index contributed by atoms with van der Waals surface area (Å²) in [7, 11) is 0. The van der Waals surface area contributed by atoms with Crippen LogP contribution < -0.4 is 9.47 Å². The molecular formula is C8H6BrNO3. The maximum absolute atomic E-state index is 11.2. The van der Waals surface area contributed by atoms with Crippen molar-refractivity contribution in [1.82, 2.24) is 4.98 Å². The van der Waals surface area contributed by atoms with Crippen molar-refractivity contribution in [2.24, 2.45) is 0 Å². The zero-order valence-corrected chi connectivity index (χ0v) is 8.20. The van der Waals surface area contributed by atoms with E-state index in [9.17, 15) is 4.79 Å². The van der Waals surface area contributed by atoms with Crippen LogP contribution in [0.25, 0.3) is 0 Å². The first kappa shape index (κ1) is 8.50. The molecule has 1 aliphatic rings. The van der Waals surface area contributed by atoms with Crippen LogP contribution in [-0.4, -0.2) is 22.9 Å². The Kier molecular flexibility index (Phi) is 2.18. The van der Waals surface area contributed by atoms with Crippen LogP contribution in [0.4, 0.5) is 0 Å². The zero-order chi connectivity index (χ0) is 9.26. The Labute approximate surface area is 83.0 Å². The van der Waals surface area contributed by atoms with Gasteiger partial charge in [0.2, 0.25) is 6.79 Å². The largest absolute Gasteiger partial charge is 0.452 e. The minimum absolute atomic E-state index is 0.0224. The average molecular weight is 244 g/mol. The number of pyridine rings is 1. The number of hydrogen-bond donors (Lipinski definition) is 0. The first-order valence-corrected chi connectivity index (χ1v) is 4.78. The quantitative estimate of drug-likeness (QED) is 0.582. The molecule has 0 atom stereocenters. The third-order valence-corrected chi connectivity index (χ3v) is 2.18. The second-order valence-electron chi connectivity index (χ2n) is 2.49. The Morgan fingerprint density at radius 3 is 3.23 bits per heavy atom. The van der Waals surface area contributed by atoms with Crippen LogP contribution in [0.5, 0.6) is 11.6 Å². The van der Waals surface area contributed by atoms with E-state index in [1.54, 1.807) is 6.07 Å². The Bertz CT molecular complexity index is 353. The van der Waals surface area contributed by atoms with E-state index < -0.39 is 0 Å². The van der Waals surface area contributed by atoms with Gasteiger partial charge in [-0.3, -0.25) is 4.79 Å². The molecule has 13 heavy (non-hydrogen) atoms. The van der Waals surface area contributed by atoms with E-state index in [0.29, 0.717) is 17.2 Å². The molecule has 0 saturated carbocycles. The van der Waals surface area contributed by atoms with Gasteiger partial charge in [-0.25, -0.2) is 4.98 Å². The lowest BCUT2D eigenvalue weighted by Crippen LogP contribution is -2.00. The van der Waals surface area contributed by atoms with Crippen LogP contribution in [0.2, 0.25) is 0 Å². The van der Waals surface area contributed by atoms with Crippen LogP contribution in [0, 0.1) is 0 Å². The number of hydrogen-bond acceptors (Lipinski definition) is 4. The molecule has 0 aliphatic carbocycles. The second kappa shape index (κ2) is 3.33. The highest BCUT2D eigenvalue weighted by Crippen LogP contribution is 2.29. The number of ketones is 1. The van der Waals surface area contributed by atoms with E-state index in [1.165, 1.54) is 6.20 Å². The lowest BCUT2D eigenvalue weighted by Gasteiger charge is -1.97. The maximum Gasteiger partial charge on any atom is 0.260 e. The van der Waals surface area contributed by atoms with E-state index in [0.717, 1.165) is 0 Å². The standard InChI is InChI=1S/C8H6BrNO3/c9-2-6(11)5-1-7-8(10-3-5)13-4-12-7/h1,3H,2,4H2. The highest BCUT2D eigenvalue weighted by molar-refractivity contribution is 9.09. The van der Waals surface area contributed by atoms with Gasteiger partial charge in [-0.2, -0.15) is 0 Å². The molecule has 2 heterocycles. The summed E-state index contributed by atoms with van der Waals surface area (Å²) in [6, 6.07) is 1.64. The van der Waals surface area contributed by atoms with Crippen molar-refractivity contribution in [3.63, 3.8) is 0 Å². The lowest BCUT2D eigenvalue weighted by atomic mass is 10.2. The molecule has 1 aliphatic heterocycles. The molecule has 1 aromatic heterocycles. The zero-order valence-electron chi connectivity index (χ0n) is 6.62. The number of fused-ring (bicyclic) bond motifs is 1. The summed E-state index contributed by atoms with van der Waals surface area (Å²) >= 11 is 3.08. The fraction of sp³-hybridized carbons (Fsp3) is 0.250. The number of Topliss-reactive ketones (excluding diaryl/α,β-unsaturated/α-hetero) is 1. The third kappa shape index (κ3) is 1.51. The fourth-order valence-electron chi connectivity index (χ4n) is 1.02. The van der Waals surface area contributed by atoms with Gasteiger partial charge in [0.05, 0.1) is 5.33 Å². The van der Waals surface area contributed by atoms with Gasteiger partial charge in [-0.05, 0) is 6.07 Å². The smallest absolute Gasteiger partial charge is 0.260 e. The predicted molar refractivity (Wildman–Crippen MR) is 48.5 cm³/mol. The van der Waals surface area contributed by atoms with E-state index in [-0.39, 0.29) is 17.9 Å². The number of rotatable bonds is 2. The molecule has 0 bridgehead atoms. The summed E-state index contributed by atoms with van der Waals surface area (Å²) in [4.78, 5) is 15.2. The van der Waals surface area contributed by atoms with E-state index in [4.69, 9.17) is 9.47 Å². The molecule has 68 valence electrons. The van der Waals surface area contributed by atoms with Crippen molar-refractivity contribution < 1.29 is 14.3 Å². The van der Waals surface area contributed by atoms with Crippen molar-refractivity contribution in [3.05, 3.63) is 17.8 Å². The van der Waals surface area contributed by atoms with E-state index in [2.05, 4.69) is 20.9 Å². The topological polar surface area (TPSA) is 48.4 Å².